The molecule has 5 rings (SSSR count). The molecular weight excluding hydrogens is 386 g/mol. The minimum atomic E-state index is -0.561. The maximum Gasteiger partial charge on any atom is 0.314 e. The molecule has 3 nitrogen and oxygen atoms in total. The van der Waals surface area contributed by atoms with E-state index in [0.29, 0.717) is 22.5 Å². The first kappa shape index (κ1) is 18.6. The van der Waals surface area contributed by atoms with E-state index in [0.717, 1.165) is 5.56 Å². The van der Waals surface area contributed by atoms with Gasteiger partial charge in [0.2, 0.25) is 0 Å². The molecule has 30 heavy (non-hydrogen) atoms. The second-order valence-electron chi connectivity index (χ2n) is 7.48. The van der Waals surface area contributed by atoms with Crippen LogP contribution in [0.25, 0.3) is 11.3 Å². The highest BCUT2D eigenvalue weighted by Gasteiger charge is 2.50. The molecule has 2 heterocycles. The minimum absolute atomic E-state index is 0.218. The summed E-state index contributed by atoms with van der Waals surface area (Å²) in [5.74, 6) is -1.36. The van der Waals surface area contributed by atoms with Gasteiger partial charge in [-0.1, -0.05) is 42.5 Å². The van der Waals surface area contributed by atoms with Crippen molar-refractivity contribution in [2.45, 2.75) is 6.10 Å². The largest absolute Gasteiger partial charge is 0.484 e. The maximum atomic E-state index is 13.6. The number of halogens is 2. The number of hydrogen-bond acceptors (Lipinski definition) is 3. The number of hydrogen-bond donors (Lipinski definition) is 0. The Balaban J connectivity index is 1.73. The second-order valence-corrected chi connectivity index (χ2v) is 7.48. The van der Waals surface area contributed by atoms with Crippen molar-refractivity contribution in [2.24, 2.45) is 11.8 Å². The molecular formula is C25H18F2O3. The average Bonchev–Trinajstić information content (AvgIpc) is 3.16. The first-order valence-corrected chi connectivity index (χ1v) is 9.76. The number of rotatable bonds is 3. The van der Waals surface area contributed by atoms with Crippen molar-refractivity contribution in [1.29, 1.82) is 0 Å². The van der Waals surface area contributed by atoms with Crippen LogP contribution in [0, 0.1) is 23.5 Å². The van der Waals surface area contributed by atoms with Crippen molar-refractivity contribution in [3.8, 4) is 0 Å². The van der Waals surface area contributed by atoms with Gasteiger partial charge < -0.3 is 9.47 Å². The smallest absolute Gasteiger partial charge is 0.314 e. The number of benzene rings is 3. The lowest BCUT2D eigenvalue weighted by Crippen LogP contribution is -2.30. The Kier molecular flexibility index (Phi) is 4.58. The van der Waals surface area contributed by atoms with Gasteiger partial charge >= 0.3 is 5.97 Å². The summed E-state index contributed by atoms with van der Waals surface area (Å²) in [6.45, 7) is 0.241. The second kappa shape index (κ2) is 7.41. The Bertz CT molecular complexity index is 1110. The molecule has 3 aromatic rings. The summed E-state index contributed by atoms with van der Waals surface area (Å²) >= 11 is 0. The summed E-state index contributed by atoms with van der Waals surface area (Å²) in [6.07, 6.45) is -0.396. The predicted molar refractivity (Wildman–Crippen MR) is 108 cm³/mol. The molecule has 0 aromatic heterocycles. The summed E-state index contributed by atoms with van der Waals surface area (Å²) in [5, 5.41) is 0. The van der Waals surface area contributed by atoms with Gasteiger partial charge in [-0.15, -0.1) is 0 Å². The maximum absolute atomic E-state index is 13.6. The topological polar surface area (TPSA) is 35.5 Å². The number of carbonyl (C=O) groups excluding carboxylic acids is 1. The summed E-state index contributed by atoms with van der Waals surface area (Å²) in [7, 11) is 0. The zero-order valence-corrected chi connectivity index (χ0v) is 15.9. The van der Waals surface area contributed by atoms with Crippen molar-refractivity contribution in [3.05, 3.63) is 107 Å². The zero-order valence-electron chi connectivity index (χ0n) is 15.9. The van der Waals surface area contributed by atoms with Crippen molar-refractivity contribution < 1.29 is 23.0 Å². The molecule has 1 saturated heterocycles. The van der Waals surface area contributed by atoms with Crippen LogP contribution in [0.1, 0.15) is 22.8 Å². The minimum Gasteiger partial charge on any atom is -0.484 e. The predicted octanol–water partition coefficient (Wildman–Crippen LogP) is 5.39. The lowest BCUT2D eigenvalue weighted by Gasteiger charge is -2.36. The summed E-state index contributed by atoms with van der Waals surface area (Å²) in [4.78, 5) is 12.8. The lowest BCUT2D eigenvalue weighted by atomic mass is 9.76. The molecule has 2 aliphatic heterocycles. The Hall–Kier alpha value is -3.47. The van der Waals surface area contributed by atoms with Gasteiger partial charge in [0.1, 0.15) is 23.5 Å². The van der Waals surface area contributed by atoms with Crippen LogP contribution in [0.2, 0.25) is 0 Å². The first-order chi connectivity index (χ1) is 14.6. The number of fused-ring (bicyclic) bond motifs is 1. The van der Waals surface area contributed by atoms with Gasteiger partial charge in [0, 0.05) is 11.1 Å². The van der Waals surface area contributed by atoms with E-state index < -0.39 is 12.0 Å². The molecule has 0 bridgehead atoms. The summed E-state index contributed by atoms with van der Waals surface area (Å²) in [5.41, 5.74) is 2.90. The molecule has 0 aliphatic carbocycles. The third-order valence-corrected chi connectivity index (χ3v) is 5.68. The molecule has 3 atom stereocenters. The number of carbonyl (C=O) groups is 1. The van der Waals surface area contributed by atoms with Crippen molar-refractivity contribution in [1.82, 2.24) is 0 Å². The van der Waals surface area contributed by atoms with Crippen LogP contribution in [0.15, 0.2) is 78.9 Å². The fourth-order valence-electron chi connectivity index (χ4n) is 4.28. The normalized spacial score (nSPS) is 23.0. The van der Waals surface area contributed by atoms with E-state index in [-0.39, 0.29) is 30.1 Å². The highest BCUT2D eigenvalue weighted by atomic mass is 19.1. The number of ether oxygens (including phenoxy) is 2. The quantitative estimate of drug-likeness (QED) is 0.549. The van der Waals surface area contributed by atoms with E-state index in [4.69, 9.17) is 9.47 Å². The number of esters is 1. The van der Waals surface area contributed by atoms with Gasteiger partial charge in [0.25, 0.3) is 0 Å². The van der Waals surface area contributed by atoms with Gasteiger partial charge in [-0.2, -0.15) is 0 Å². The van der Waals surface area contributed by atoms with Crippen molar-refractivity contribution >= 4 is 17.3 Å². The standard InChI is InChI=1S/C25H18F2O3/c26-18-10-6-15(7-11-18)21-22-20(14-29-25(22)28)23(16-4-2-1-3-5-16)30-24(21)17-8-12-19(27)13-9-17/h1-13,20,22-23H,14H2/t20-,22+,23+/m1/s1. The Labute approximate surface area is 172 Å². The average molecular weight is 404 g/mol. The molecule has 150 valence electrons. The fourth-order valence-corrected chi connectivity index (χ4v) is 4.28. The third kappa shape index (κ3) is 3.16. The first-order valence-electron chi connectivity index (χ1n) is 9.76. The van der Waals surface area contributed by atoms with Crippen molar-refractivity contribution in [3.63, 3.8) is 0 Å². The SMILES string of the molecule is O=C1OC[C@@H]2[C@H]1C(c1ccc(F)cc1)=C(c1ccc(F)cc1)O[C@H]2c1ccccc1. The van der Waals surface area contributed by atoms with E-state index in [1.807, 2.05) is 30.3 Å². The molecule has 0 N–H and O–H groups in total. The lowest BCUT2D eigenvalue weighted by molar-refractivity contribution is -0.139. The van der Waals surface area contributed by atoms with Crippen LogP contribution in [-0.2, 0) is 14.3 Å². The van der Waals surface area contributed by atoms with Crippen LogP contribution >= 0.6 is 0 Å². The Morgan fingerprint density at radius 2 is 1.37 bits per heavy atom. The molecule has 0 unspecified atom stereocenters. The Morgan fingerprint density at radius 1 is 0.767 bits per heavy atom. The van der Waals surface area contributed by atoms with E-state index in [1.54, 1.807) is 24.3 Å². The molecule has 0 saturated carbocycles. The monoisotopic (exact) mass is 404 g/mol. The van der Waals surface area contributed by atoms with E-state index in [1.165, 1.54) is 24.3 Å². The number of cyclic esters (lactones) is 1. The van der Waals surface area contributed by atoms with Crippen LogP contribution in [0.3, 0.4) is 0 Å². The van der Waals surface area contributed by atoms with Crippen LogP contribution in [0.5, 0.6) is 0 Å². The molecule has 1 fully saturated rings. The van der Waals surface area contributed by atoms with E-state index in [9.17, 15) is 13.6 Å². The van der Waals surface area contributed by atoms with Gasteiger partial charge in [-0.05, 0) is 47.5 Å². The molecule has 5 heteroatoms. The van der Waals surface area contributed by atoms with Crippen LogP contribution in [-0.4, -0.2) is 12.6 Å². The van der Waals surface area contributed by atoms with Gasteiger partial charge in [-0.3, -0.25) is 4.79 Å². The van der Waals surface area contributed by atoms with E-state index in [2.05, 4.69) is 0 Å². The summed E-state index contributed by atoms with van der Waals surface area (Å²) < 4.78 is 39.1. The van der Waals surface area contributed by atoms with Gasteiger partial charge in [-0.25, -0.2) is 8.78 Å². The Morgan fingerprint density at radius 3 is 2.00 bits per heavy atom. The van der Waals surface area contributed by atoms with E-state index >= 15 is 0 Å². The zero-order chi connectivity index (χ0) is 20.7. The van der Waals surface area contributed by atoms with Crippen molar-refractivity contribution in [2.75, 3.05) is 6.61 Å². The molecule has 0 radical (unpaired) electrons. The third-order valence-electron chi connectivity index (χ3n) is 5.68. The molecule has 2 aliphatic rings. The van der Waals surface area contributed by atoms with Gasteiger partial charge in [0.15, 0.2) is 0 Å². The fraction of sp³-hybridized carbons (Fsp3) is 0.160. The highest BCUT2D eigenvalue weighted by molar-refractivity contribution is 6.00. The van der Waals surface area contributed by atoms with Crippen LogP contribution < -0.4 is 0 Å². The molecule has 0 spiro atoms. The molecule has 0 amide bonds. The summed E-state index contributed by atoms with van der Waals surface area (Å²) in [6, 6.07) is 21.6. The molecule has 3 aromatic carbocycles. The van der Waals surface area contributed by atoms with Crippen LogP contribution in [0.4, 0.5) is 8.78 Å². The van der Waals surface area contributed by atoms with Gasteiger partial charge in [0.05, 0.1) is 18.4 Å². The highest BCUT2D eigenvalue weighted by Crippen LogP contribution is 2.51.